The Morgan fingerprint density at radius 3 is 2.67 bits per heavy atom. The van der Waals surface area contributed by atoms with E-state index in [1.165, 1.54) is 4.88 Å². The zero-order valence-corrected chi connectivity index (χ0v) is 12.0. The molecule has 1 aliphatic heterocycles. The number of guanidine groups is 1. The van der Waals surface area contributed by atoms with Gasteiger partial charge in [0, 0.05) is 16.3 Å². The van der Waals surface area contributed by atoms with Crippen LogP contribution in [0.4, 0.5) is 0 Å². The molecule has 1 aromatic rings. The lowest BCUT2D eigenvalue weighted by atomic mass is 9.95. The molecule has 1 unspecified atom stereocenters. The van der Waals surface area contributed by atoms with Gasteiger partial charge < -0.3 is 5.32 Å². The third kappa shape index (κ3) is 2.56. The number of hydrogen-bond acceptors (Lipinski definition) is 3. The van der Waals surface area contributed by atoms with Crippen LogP contribution >= 0.6 is 11.3 Å². The smallest absolute Gasteiger partial charge is 0.254 e. The van der Waals surface area contributed by atoms with Gasteiger partial charge in [-0.1, -0.05) is 20.8 Å². The number of rotatable bonds is 2. The molecule has 98 valence electrons. The first-order valence-corrected chi connectivity index (χ1v) is 6.95. The van der Waals surface area contributed by atoms with E-state index in [4.69, 9.17) is 0 Å². The molecule has 0 saturated carbocycles. The van der Waals surface area contributed by atoms with Crippen LogP contribution in [-0.4, -0.2) is 18.4 Å². The maximum absolute atomic E-state index is 11.9. The monoisotopic (exact) mass is 265 g/mol. The molecule has 0 spiro atoms. The Labute approximate surface area is 112 Å². The molecule has 1 atom stereocenters. The van der Waals surface area contributed by atoms with E-state index in [9.17, 15) is 4.79 Å². The molecule has 5 heteroatoms. The summed E-state index contributed by atoms with van der Waals surface area (Å²) in [5, 5.41) is 5.88. The molecule has 1 aliphatic rings. The van der Waals surface area contributed by atoms with Gasteiger partial charge in [0.05, 0.1) is 0 Å². The minimum Gasteiger partial charge on any atom is -0.340 e. The van der Waals surface area contributed by atoms with Crippen LogP contribution in [-0.2, 0) is 10.2 Å². The van der Waals surface area contributed by atoms with Crippen molar-refractivity contribution < 1.29 is 4.79 Å². The molecule has 1 saturated heterocycles. The zero-order valence-electron chi connectivity index (χ0n) is 11.2. The first-order chi connectivity index (χ1) is 8.41. The molecule has 0 aliphatic carbocycles. The predicted octanol–water partition coefficient (Wildman–Crippen LogP) is 2.18. The average Bonchev–Trinajstić information content (AvgIpc) is 2.84. The van der Waals surface area contributed by atoms with Crippen molar-refractivity contribution in [2.45, 2.75) is 39.2 Å². The van der Waals surface area contributed by atoms with Crippen LogP contribution in [0.3, 0.4) is 0 Å². The maximum atomic E-state index is 11.9. The van der Waals surface area contributed by atoms with Gasteiger partial charge in [0.2, 0.25) is 0 Å². The van der Waals surface area contributed by atoms with Crippen LogP contribution in [0.2, 0.25) is 0 Å². The van der Waals surface area contributed by atoms with Gasteiger partial charge in [0.15, 0.2) is 5.96 Å². The number of hydrogen-bond donors (Lipinski definition) is 2. The minimum absolute atomic E-state index is 0.0236. The molecule has 1 amide bonds. The highest BCUT2D eigenvalue weighted by Crippen LogP contribution is 2.33. The second-order valence-corrected chi connectivity index (χ2v) is 6.46. The van der Waals surface area contributed by atoms with Gasteiger partial charge in [-0.15, -0.1) is 11.3 Å². The van der Waals surface area contributed by atoms with Crippen LogP contribution < -0.4 is 10.6 Å². The number of amides is 1. The van der Waals surface area contributed by atoms with Crippen LogP contribution in [0.5, 0.6) is 0 Å². The van der Waals surface area contributed by atoms with E-state index in [0.717, 1.165) is 4.88 Å². The second-order valence-electron chi connectivity index (χ2n) is 5.34. The molecule has 0 bridgehead atoms. The van der Waals surface area contributed by atoms with Crippen LogP contribution in [0, 0.1) is 0 Å². The Morgan fingerprint density at radius 1 is 1.39 bits per heavy atom. The SMILES string of the molecule is CCN=C1NC(=O)C(c2ccc(C(C)(C)C)s2)N1. The largest absolute Gasteiger partial charge is 0.340 e. The van der Waals surface area contributed by atoms with E-state index in [2.05, 4.69) is 42.5 Å². The van der Waals surface area contributed by atoms with Gasteiger partial charge in [0.1, 0.15) is 6.04 Å². The number of aliphatic imine (C=N–C) groups is 1. The quantitative estimate of drug-likeness (QED) is 0.861. The van der Waals surface area contributed by atoms with Crippen molar-refractivity contribution >= 4 is 23.2 Å². The molecular weight excluding hydrogens is 246 g/mol. The second kappa shape index (κ2) is 4.72. The Kier molecular flexibility index (Phi) is 3.43. The van der Waals surface area contributed by atoms with E-state index in [-0.39, 0.29) is 17.4 Å². The number of carbonyl (C=O) groups is 1. The highest BCUT2D eigenvalue weighted by atomic mass is 32.1. The summed E-state index contributed by atoms with van der Waals surface area (Å²) in [6.45, 7) is 9.13. The van der Waals surface area contributed by atoms with Crippen LogP contribution in [0.25, 0.3) is 0 Å². The van der Waals surface area contributed by atoms with Gasteiger partial charge in [-0.2, -0.15) is 0 Å². The maximum Gasteiger partial charge on any atom is 0.254 e. The van der Waals surface area contributed by atoms with Crippen molar-refractivity contribution in [2.24, 2.45) is 4.99 Å². The van der Waals surface area contributed by atoms with E-state index in [1.54, 1.807) is 11.3 Å². The Hall–Kier alpha value is -1.36. The molecule has 18 heavy (non-hydrogen) atoms. The Balaban J connectivity index is 2.20. The average molecular weight is 265 g/mol. The number of carbonyl (C=O) groups excluding carboxylic acids is 1. The highest BCUT2D eigenvalue weighted by molar-refractivity contribution is 7.12. The van der Waals surface area contributed by atoms with Crippen molar-refractivity contribution in [3.05, 3.63) is 21.9 Å². The molecule has 2 rings (SSSR count). The third-order valence-electron chi connectivity index (χ3n) is 2.75. The van der Waals surface area contributed by atoms with E-state index in [1.807, 2.05) is 13.0 Å². The van der Waals surface area contributed by atoms with Crippen LogP contribution in [0.15, 0.2) is 17.1 Å². The Bertz CT molecular complexity index is 485. The summed E-state index contributed by atoms with van der Waals surface area (Å²) < 4.78 is 0. The van der Waals surface area contributed by atoms with Crippen molar-refractivity contribution in [3.8, 4) is 0 Å². The lowest BCUT2D eigenvalue weighted by molar-refractivity contribution is -0.120. The number of nitrogens with one attached hydrogen (secondary N) is 2. The molecule has 0 aromatic carbocycles. The van der Waals surface area contributed by atoms with E-state index in [0.29, 0.717) is 12.5 Å². The highest BCUT2D eigenvalue weighted by Gasteiger charge is 2.31. The molecular formula is C13H19N3OS. The predicted molar refractivity (Wildman–Crippen MR) is 75.0 cm³/mol. The van der Waals surface area contributed by atoms with Crippen molar-refractivity contribution in [3.63, 3.8) is 0 Å². The fourth-order valence-corrected chi connectivity index (χ4v) is 2.90. The van der Waals surface area contributed by atoms with Crippen molar-refractivity contribution in [1.82, 2.24) is 10.6 Å². The molecule has 0 radical (unpaired) electrons. The van der Waals surface area contributed by atoms with Crippen LogP contribution in [0.1, 0.15) is 43.5 Å². The number of thiophene rings is 1. The molecule has 2 N–H and O–H groups in total. The molecule has 4 nitrogen and oxygen atoms in total. The lowest BCUT2D eigenvalue weighted by Gasteiger charge is -2.15. The summed E-state index contributed by atoms with van der Waals surface area (Å²) in [5.74, 6) is 0.558. The fourth-order valence-electron chi connectivity index (χ4n) is 1.78. The van der Waals surface area contributed by atoms with E-state index >= 15 is 0 Å². The van der Waals surface area contributed by atoms with Gasteiger partial charge in [-0.05, 0) is 24.5 Å². The van der Waals surface area contributed by atoms with Gasteiger partial charge >= 0.3 is 0 Å². The number of nitrogens with zero attached hydrogens (tertiary/aromatic N) is 1. The van der Waals surface area contributed by atoms with Gasteiger partial charge in [0.25, 0.3) is 5.91 Å². The molecule has 2 heterocycles. The fraction of sp³-hybridized carbons (Fsp3) is 0.538. The summed E-state index contributed by atoms with van der Waals surface area (Å²) in [4.78, 5) is 18.4. The van der Waals surface area contributed by atoms with E-state index < -0.39 is 0 Å². The standard InChI is InChI=1S/C13H19N3OS/c1-5-14-12-15-10(11(17)16-12)8-6-7-9(18-8)13(2,3)4/h6-7,10H,5H2,1-4H3,(H2,14,15,16,17). The lowest BCUT2D eigenvalue weighted by Crippen LogP contribution is -2.25. The molecule has 1 fully saturated rings. The van der Waals surface area contributed by atoms with Crippen molar-refractivity contribution in [1.29, 1.82) is 0 Å². The van der Waals surface area contributed by atoms with Gasteiger partial charge in [-0.25, -0.2) is 0 Å². The summed E-state index contributed by atoms with van der Waals surface area (Å²) in [7, 11) is 0. The molecule has 1 aromatic heterocycles. The normalized spacial score (nSPS) is 22.1. The topological polar surface area (TPSA) is 53.5 Å². The Morgan fingerprint density at radius 2 is 2.11 bits per heavy atom. The van der Waals surface area contributed by atoms with Gasteiger partial charge in [-0.3, -0.25) is 15.1 Å². The van der Waals surface area contributed by atoms with Crippen molar-refractivity contribution in [2.75, 3.05) is 6.54 Å². The minimum atomic E-state index is -0.295. The summed E-state index contributed by atoms with van der Waals surface area (Å²) in [6.07, 6.45) is 0. The first-order valence-electron chi connectivity index (χ1n) is 6.14. The summed E-state index contributed by atoms with van der Waals surface area (Å²) >= 11 is 1.68. The third-order valence-corrected chi connectivity index (χ3v) is 4.33. The summed E-state index contributed by atoms with van der Waals surface area (Å²) in [6, 6.07) is 3.83. The first kappa shape index (κ1) is 13.1. The summed E-state index contributed by atoms with van der Waals surface area (Å²) in [5.41, 5.74) is 0.123. The zero-order chi connectivity index (χ0) is 13.3.